The Bertz CT molecular complexity index is 358. The molecule has 1 aromatic heterocycles. The van der Waals surface area contributed by atoms with Gasteiger partial charge in [0.15, 0.2) is 0 Å². The Kier molecular flexibility index (Phi) is 3.33. The van der Waals surface area contributed by atoms with Crippen LogP contribution >= 0.6 is 11.3 Å². The molecule has 0 bridgehead atoms. The predicted molar refractivity (Wildman–Crippen MR) is 64.9 cm³/mol. The molecule has 4 heteroatoms. The smallest absolute Gasteiger partial charge is 0.0959 e. The molecule has 2 heterocycles. The lowest BCUT2D eigenvalue weighted by atomic mass is 9.88. The lowest BCUT2D eigenvalue weighted by Gasteiger charge is -2.35. The minimum atomic E-state index is -0.617. The minimum Gasteiger partial charge on any atom is -0.389 e. The third kappa shape index (κ3) is 2.62. The average Bonchev–Trinajstić information content (AvgIpc) is 2.43. The summed E-state index contributed by atoms with van der Waals surface area (Å²) in [6.07, 6.45) is 2.25. The Morgan fingerprint density at radius 1 is 1.56 bits per heavy atom. The maximum absolute atomic E-state index is 10.5. The zero-order valence-corrected chi connectivity index (χ0v) is 10.9. The number of aryl methyl sites for hydroxylation is 2. The van der Waals surface area contributed by atoms with Crippen molar-refractivity contribution in [2.75, 3.05) is 6.61 Å². The summed E-state index contributed by atoms with van der Waals surface area (Å²) >= 11 is 1.70. The van der Waals surface area contributed by atoms with Crippen LogP contribution in [0.3, 0.4) is 0 Å². The number of rotatable bonds is 2. The fraction of sp³-hybridized carbons (Fsp3) is 0.750. The first kappa shape index (κ1) is 12.0. The topological polar surface area (TPSA) is 42.4 Å². The first-order valence-corrected chi connectivity index (χ1v) is 6.57. The van der Waals surface area contributed by atoms with Gasteiger partial charge in [-0.25, -0.2) is 4.98 Å². The number of aromatic nitrogens is 1. The number of thiazole rings is 1. The standard InChI is InChI=1S/C12H19NO2S/c1-8-6-12(14,4-5-15-8)7-11-13-9(2)10(3)16-11/h8,14H,4-7H2,1-3H3. The second kappa shape index (κ2) is 4.43. The summed E-state index contributed by atoms with van der Waals surface area (Å²) in [5.74, 6) is 0. The molecule has 1 aliphatic heterocycles. The van der Waals surface area contributed by atoms with E-state index in [1.807, 2.05) is 13.8 Å². The van der Waals surface area contributed by atoms with Crippen LogP contribution in [0.4, 0.5) is 0 Å². The van der Waals surface area contributed by atoms with E-state index in [0.717, 1.165) is 17.1 Å². The summed E-state index contributed by atoms with van der Waals surface area (Å²) in [4.78, 5) is 5.74. The van der Waals surface area contributed by atoms with Gasteiger partial charge in [-0.2, -0.15) is 0 Å². The number of nitrogens with zero attached hydrogens (tertiary/aromatic N) is 1. The van der Waals surface area contributed by atoms with Gasteiger partial charge in [-0.1, -0.05) is 0 Å². The number of ether oxygens (including phenoxy) is 1. The molecule has 1 saturated heterocycles. The number of aliphatic hydroxyl groups is 1. The molecule has 1 fully saturated rings. The van der Waals surface area contributed by atoms with Crippen molar-refractivity contribution >= 4 is 11.3 Å². The van der Waals surface area contributed by atoms with E-state index in [2.05, 4.69) is 11.9 Å². The van der Waals surface area contributed by atoms with Gasteiger partial charge in [0, 0.05) is 30.7 Å². The second-order valence-corrected chi connectivity index (χ2v) is 6.07. The van der Waals surface area contributed by atoms with Crippen molar-refractivity contribution in [2.24, 2.45) is 0 Å². The lowest BCUT2D eigenvalue weighted by molar-refractivity contribution is -0.0961. The Hall–Kier alpha value is -0.450. The van der Waals surface area contributed by atoms with Gasteiger partial charge in [0.2, 0.25) is 0 Å². The molecule has 0 saturated carbocycles. The number of hydrogen-bond acceptors (Lipinski definition) is 4. The maximum Gasteiger partial charge on any atom is 0.0959 e. The summed E-state index contributed by atoms with van der Waals surface area (Å²) in [5.41, 5.74) is 0.470. The van der Waals surface area contributed by atoms with Gasteiger partial charge in [0.25, 0.3) is 0 Å². The van der Waals surface area contributed by atoms with Gasteiger partial charge in [-0.3, -0.25) is 0 Å². The van der Waals surface area contributed by atoms with E-state index in [1.54, 1.807) is 11.3 Å². The molecule has 1 aliphatic rings. The Labute approximate surface area is 100 Å². The van der Waals surface area contributed by atoms with Crippen LogP contribution in [0.2, 0.25) is 0 Å². The molecule has 0 aliphatic carbocycles. The van der Waals surface area contributed by atoms with Crippen LogP contribution in [0.5, 0.6) is 0 Å². The molecule has 1 N–H and O–H groups in total. The molecule has 2 atom stereocenters. The van der Waals surface area contributed by atoms with E-state index >= 15 is 0 Å². The Morgan fingerprint density at radius 3 is 2.88 bits per heavy atom. The quantitative estimate of drug-likeness (QED) is 0.863. The highest BCUT2D eigenvalue weighted by Crippen LogP contribution is 2.30. The molecular weight excluding hydrogens is 222 g/mol. The molecular formula is C12H19NO2S. The van der Waals surface area contributed by atoms with Crippen molar-refractivity contribution in [1.82, 2.24) is 4.98 Å². The molecule has 90 valence electrons. The van der Waals surface area contributed by atoms with Crippen molar-refractivity contribution < 1.29 is 9.84 Å². The van der Waals surface area contributed by atoms with Crippen LogP contribution in [0.1, 0.15) is 35.3 Å². The highest BCUT2D eigenvalue weighted by Gasteiger charge is 2.34. The minimum absolute atomic E-state index is 0.154. The van der Waals surface area contributed by atoms with Gasteiger partial charge in [-0.05, 0) is 20.8 Å². The maximum atomic E-state index is 10.5. The van der Waals surface area contributed by atoms with Crippen LogP contribution in [-0.2, 0) is 11.2 Å². The summed E-state index contributed by atoms with van der Waals surface area (Å²) < 4.78 is 5.46. The molecule has 0 aromatic carbocycles. The van der Waals surface area contributed by atoms with E-state index in [9.17, 15) is 5.11 Å². The molecule has 1 aromatic rings. The fourth-order valence-corrected chi connectivity index (χ4v) is 3.27. The van der Waals surface area contributed by atoms with Gasteiger partial charge in [0.05, 0.1) is 22.4 Å². The second-order valence-electron chi connectivity index (χ2n) is 4.79. The SMILES string of the molecule is Cc1nc(CC2(O)CCOC(C)C2)sc1C. The summed E-state index contributed by atoms with van der Waals surface area (Å²) in [7, 11) is 0. The molecule has 0 spiro atoms. The summed E-state index contributed by atoms with van der Waals surface area (Å²) in [6, 6.07) is 0. The fourth-order valence-electron chi connectivity index (χ4n) is 2.20. The average molecular weight is 241 g/mol. The van der Waals surface area contributed by atoms with E-state index in [-0.39, 0.29) is 6.10 Å². The summed E-state index contributed by atoms with van der Waals surface area (Å²) in [6.45, 7) is 6.77. The molecule has 0 amide bonds. The van der Waals surface area contributed by atoms with Crippen molar-refractivity contribution in [2.45, 2.75) is 51.7 Å². The normalized spacial score (nSPS) is 30.6. The highest BCUT2D eigenvalue weighted by molar-refractivity contribution is 7.11. The molecule has 2 unspecified atom stereocenters. The third-order valence-corrected chi connectivity index (χ3v) is 4.26. The van der Waals surface area contributed by atoms with Crippen molar-refractivity contribution in [3.05, 3.63) is 15.6 Å². The van der Waals surface area contributed by atoms with Crippen LogP contribution in [0.15, 0.2) is 0 Å². The predicted octanol–water partition coefficient (Wildman–Crippen LogP) is 2.23. The zero-order chi connectivity index (χ0) is 11.8. The zero-order valence-electron chi connectivity index (χ0n) is 10.1. The van der Waals surface area contributed by atoms with Crippen LogP contribution in [0, 0.1) is 13.8 Å². The molecule has 0 radical (unpaired) electrons. The van der Waals surface area contributed by atoms with Crippen molar-refractivity contribution in [1.29, 1.82) is 0 Å². The van der Waals surface area contributed by atoms with E-state index in [0.29, 0.717) is 19.4 Å². The van der Waals surface area contributed by atoms with Crippen LogP contribution in [0.25, 0.3) is 0 Å². The van der Waals surface area contributed by atoms with Gasteiger partial charge in [-0.15, -0.1) is 11.3 Å². The summed E-state index contributed by atoms with van der Waals surface area (Å²) in [5, 5.41) is 11.5. The first-order valence-electron chi connectivity index (χ1n) is 5.75. The Morgan fingerprint density at radius 2 is 2.31 bits per heavy atom. The van der Waals surface area contributed by atoms with Crippen molar-refractivity contribution in [3.8, 4) is 0 Å². The lowest BCUT2D eigenvalue weighted by Crippen LogP contribution is -2.41. The van der Waals surface area contributed by atoms with Crippen molar-refractivity contribution in [3.63, 3.8) is 0 Å². The van der Waals surface area contributed by atoms with Gasteiger partial charge in [0.1, 0.15) is 0 Å². The first-order chi connectivity index (χ1) is 7.48. The Balaban J connectivity index is 2.07. The van der Waals surface area contributed by atoms with Gasteiger partial charge < -0.3 is 9.84 Å². The molecule has 16 heavy (non-hydrogen) atoms. The monoisotopic (exact) mass is 241 g/mol. The van der Waals surface area contributed by atoms with E-state index in [1.165, 1.54) is 4.88 Å². The molecule has 2 rings (SSSR count). The van der Waals surface area contributed by atoms with E-state index < -0.39 is 5.60 Å². The number of hydrogen-bond donors (Lipinski definition) is 1. The van der Waals surface area contributed by atoms with Crippen LogP contribution in [-0.4, -0.2) is 28.4 Å². The van der Waals surface area contributed by atoms with Crippen LogP contribution < -0.4 is 0 Å². The van der Waals surface area contributed by atoms with E-state index in [4.69, 9.17) is 4.74 Å². The largest absolute Gasteiger partial charge is 0.389 e. The highest BCUT2D eigenvalue weighted by atomic mass is 32.1. The molecule has 3 nitrogen and oxygen atoms in total. The van der Waals surface area contributed by atoms with Gasteiger partial charge >= 0.3 is 0 Å². The third-order valence-electron chi connectivity index (χ3n) is 3.19.